The van der Waals surface area contributed by atoms with Crippen molar-refractivity contribution in [2.75, 3.05) is 13.2 Å². The van der Waals surface area contributed by atoms with Crippen molar-refractivity contribution in [3.63, 3.8) is 0 Å². The molecule has 1 aromatic heterocycles. The summed E-state index contributed by atoms with van der Waals surface area (Å²) in [5, 5.41) is 5.28. The summed E-state index contributed by atoms with van der Waals surface area (Å²) >= 11 is 1.86. The Morgan fingerprint density at radius 2 is 2.04 bits per heavy atom. The van der Waals surface area contributed by atoms with Crippen molar-refractivity contribution in [3.05, 3.63) is 21.9 Å². The van der Waals surface area contributed by atoms with E-state index in [1.165, 1.54) is 33.1 Å². The van der Waals surface area contributed by atoms with Crippen LogP contribution in [0.2, 0.25) is 0 Å². The van der Waals surface area contributed by atoms with Gasteiger partial charge < -0.3 is 10.2 Å². The molecule has 5 rings (SSSR count). The molecule has 0 aromatic carbocycles. The molecule has 1 aromatic rings. The molecule has 0 bridgehead atoms. The SMILES string of the molecule is CC1CCC2(CC1)NC(=O)N(C[NH+]1CCc3sccc3[C@@H]1C1CC1)C2=O. The van der Waals surface area contributed by atoms with E-state index in [9.17, 15) is 9.59 Å². The number of hydrogen-bond donors (Lipinski definition) is 2. The predicted molar refractivity (Wildman–Crippen MR) is 99.9 cm³/mol. The molecule has 6 heteroatoms. The Kier molecular flexibility index (Phi) is 3.90. The van der Waals surface area contributed by atoms with Crippen LogP contribution in [0.25, 0.3) is 0 Å². The lowest BCUT2D eigenvalue weighted by atomic mass is 9.77. The van der Waals surface area contributed by atoms with Gasteiger partial charge in [0.1, 0.15) is 11.6 Å². The number of carbonyl (C=O) groups excluding carboxylic acids is 2. The number of fused-ring (bicyclic) bond motifs is 1. The summed E-state index contributed by atoms with van der Waals surface area (Å²) < 4.78 is 0. The van der Waals surface area contributed by atoms with Gasteiger partial charge in [-0.25, -0.2) is 9.69 Å². The first-order valence-corrected chi connectivity index (χ1v) is 11.0. The minimum absolute atomic E-state index is 0.0348. The molecule has 26 heavy (non-hydrogen) atoms. The Bertz CT molecular complexity index is 733. The van der Waals surface area contributed by atoms with Crippen molar-refractivity contribution in [2.45, 2.75) is 63.5 Å². The van der Waals surface area contributed by atoms with Crippen molar-refractivity contribution in [1.29, 1.82) is 0 Å². The maximum Gasteiger partial charge on any atom is 0.329 e. The van der Waals surface area contributed by atoms with Gasteiger partial charge in [-0.05, 0) is 55.9 Å². The summed E-state index contributed by atoms with van der Waals surface area (Å²) in [5.41, 5.74) is 0.869. The van der Waals surface area contributed by atoms with E-state index < -0.39 is 5.54 Å². The molecule has 1 saturated heterocycles. The summed E-state index contributed by atoms with van der Waals surface area (Å²) in [7, 11) is 0. The third kappa shape index (κ3) is 2.61. The molecule has 2 saturated carbocycles. The van der Waals surface area contributed by atoms with Crippen molar-refractivity contribution < 1.29 is 14.5 Å². The van der Waals surface area contributed by atoms with Gasteiger partial charge >= 0.3 is 6.03 Å². The molecule has 2 N–H and O–H groups in total. The average Bonchev–Trinajstić information content (AvgIpc) is 3.31. The lowest BCUT2D eigenvalue weighted by molar-refractivity contribution is -0.943. The molecule has 140 valence electrons. The van der Waals surface area contributed by atoms with Crippen LogP contribution in [0.5, 0.6) is 0 Å². The van der Waals surface area contributed by atoms with Crippen LogP contribution in [0.1, 0.15) is 61.9 Å². The third-order valence-electron chi connectivity index (χ3n) is 7.06. The first-order chi connectivity index (χ1) is 12.6. The van der Waals surface area contributed by atoms with Gasteiger partial charge in [0.05, 0.1) is 6.54 Å². The van der Waals surface area contributed by atoms with Crippen LogP contribution in [-0.4, -0.2) is 35.6 Å². The lowest BCUT2D eigenvalue weighted by Gasteiger charge is -2.36. The summed E-state index contributed by atoms with van der Waals surface area (Å²) in [4.78, 5) is 30.3. The number of nitrogens with zero attached hydrogens (tertiary/aromatic N) is 1. The van der Waals surface area contributed by atoms with Crippen LogP contribution in [0.15, 0.2) is 11.4 Å². The molecule has 3 fully saturated rings. The van der Waals surface area contributed by atoms with Gasteiger partial charge in [0.15, 0.2) is 6.67 Å². The summed E-state index contributed by atoms with van der Waals surface area (Å²) in [6, 6.07) is 2.58. The van der Waals surface area contributed by atoms with Crippen LogP contribution >= 0.6 is 11.3 Å². The second-order valence-electron chi connectivity index (χ2n) is 8.86. The van der Waals surface area contributed by atoms with E-state index in [1.807, 2.05) is 11.3 Å². The van der Waals surface area contributed by atoms with E-state index >= 15 is 0 Å². The molecule has 1 spiro atoms. The molecule has 5 nitrogen and oxygen atoms in total. The van der Waals surface area contributed by atoms with E-state index in [0.717, 1.165) is 44.6 Å². The van der Waals surface area contributed by atoms with Gasteiger partial charge in [-0.2, -0.15) is 0 Å². The zero-order valence-electron chi connectivity index (χ0n) is 15.4. The number of hydrogen-bond acceptors (Lipinski definition) is 3. The second-order valence-corrected chi connectivity index (χ2v) is 9.86. The van der Waals surface area contributed by atoms with Gasteiger partial charge in [0.2, 0.25) is 0 Å². The fraction of sp³-hybridized carbons (Fsp3) is 0.700. The maximum absolute atomic E-state index is 13.2. The molecule has 0 radical (unpaired) electrons. The van der Waals surface area contributed by atoms with E-state index in [2.05, 4.69) is 23.7 Å². The highest BCUT2D eigenvalue weighted by Crippen LogP contribution is 2.43. The Morgan fingerprint density at radius 3 is 2.77 bits per heavy atom. The van der Waals surface area contributed by atoms with E-state index in [-0.39, 0.29) is 11.9 Å². The molecule has 4 aliphatic rings. The summed E-state index contributed by atoms with van der Waals surface area (Å²) in [6.07, 6.45) is 7.28. The molecular formula is C20H28N3O2S+. The van der Waals surface area contributed by atoms with Gasteiger partial charge in [-0.1, -0.05) is 6.92 Å². The van der Waals surface area contributed by atoms with E-state index in [1.54, 1.807) is 0 Å². The molecule has 3 heterocycles. The summed E-state index contributed by atoms with van der Waals surface area (Å²) in [5.74, 6) is 1.42. The number of quaternary nitrogens is 1. The minimum atomic E-state index is -0.610. The molecular weight excluding hydrogens is 346 g/mol. The number of imide groups is 1. The van der Waals surface area contributed by atoms with E-state index in [4.69, 9.17) is 0 Å². The quantitative estimate of drug-likeness (QED) is 0.796. The van der Waals surface area contributed by atoms with Gasteiger partial charge in [-0.15, -0.1) is 11.3 Å². The largest absolute Gasteiger partial charge is 0.329 e. The van der Waals surface area contributed by atoms with Crippen LogP contribution < -0.4 is 10.2 Å². The highest BCUT2D eigenvalue weighted by molar-refractivity contribution is 7.10. The monoisotopic (exact) mass is 374 g/mol. The average molecular weight is 375 g/mol. The number of carbonyl (C=O) groups is 2. The van der Waals surface area contributed by atoms with Crippen LogP contribution in [0.4, 0.5) is 4.79 Å². The zero-order chi connectivity index (χ0) is 17.9. The maximum atomic E-state index is 13.2. The van der Waals surface area contributed by atoms with Gasteiger partial charge in [0.25, 0.3) is 5.91 Å². The molecule has 2 atom stereocenters. The number of thiophene rings is 1. The highest BCUT2D eigenvalue weighted by atomic mass is 32.1. The molecule has 3 amide bonds. The second kappa shape index (κ2) is 6.06. The molecule has 2 aliphatic heterocycles. The van der Waals surface area contributed by atoms with Crippen LogP contribution in [0.3, 0.4) is 0 Å². The number of amides is 3. The van der Waals surface area contributed by atoms with Crippen molar-refractivity contribution in [1.82, 2.24) is 10.2 Å². The van der Waals surface area contributed by atoms with Crippen molar-refractivity contribution in [2.24, 2.45) is 11.8 Å². The number of nitrogens with one attached hydrogen (secondary N) is 2. The topological polar surface area (TPSA) is 53.9 Å². The Labute approximate surface area is 158 Å². The zero-order valence-corrected chi connectivity index (χ0v) is 16.2. The number of rotatable bonds is 3. The first-order valence-electron chi connectivity index (χ1n) is 10.1. The molecule has 1 unspecified atom stereocenters. The van der Waals surface area contributed by atoms with E-state index in [0.29, 0.717) is 18.6 Å². The lowest BCUT2D eigenvalue weighted by Crippen LogP contribution is -3.15. The van der Waals surface area contributed by atoms with Gasteiger partial charge in [-0.3, -0.25) is 4.79 Å². The fourth-order valence-electron chi connectivity index (χ4n) is 5.29. The summed E-state index contributed by atoms with van der Waals surface area (Å²) in [6.45, 7) is 3.79. The fourth-order valence-corrected chi connectivity index (χ4v) is 6.22. The Hall–Kier alpha value is -1.40. The smallest absolute Gasteiger partial charge is 0.323 e. The number of urea groups is 1. The predicted octanol–water partition coefficient (Wildman–Crippen LogP) is 2.10. The Balaban J connectivity index is 1.36. The normalized spacial score (nSPS) is 37.1. The Morgan fingerprint density at radius 1 is 1.27 bits per heavy atom. The first kappa shape index (κ1) is 16.8. The highest BCUT2D eigenvalue weighted by Gasteiger charge is 2.54. The minimum Gasteiger partial charge on any atom is -0.323 e. The standard InChI is InChI=1S/C20H27N3O2S/c1-13-4-8-20(9-5-13)18(24)23(19(25)21-20)12-22-10-6-16-15(7-11-26-16)17(22)14-2-3-14/h7,11,13-14,17H,2-6,8-10,12H2,1H3,(H,21,25)/p+1/t13?,17-,20?/m0/s1. The van der Waals surface area contributed by atoms with Crippen molar-refractivity contribution >= 4 is 23.3 Å². The van der Waals surface area contributed by atoms with Crippen molar-refractivity contribution in [3.8, 4) is 0 Å². The van der Waals surface area contributed by atoms with Crippen LogP contribution in [0, 0.1) is 11.8 Å². The van der Waals surface area contributed by atoms with Crippen LogP contribution in [-0.2, 0) is 11.2 Å². The third-order valence-corrected chi connectivity index (χ3v) is 8.05. The van der Waals surface area contributed by atoms with Gasteiger partial charge in [0, 0.05) is 22.8 Å². The molecule has 2 aliphatic carbocycles.